The monoisotopic (exact) mass is 333 g/mol. The number of aliphatic imine (C=N–C) groups is 2. The molecule has 1 aliphatic carbocycles. The number of hydrogen-bond acceptors (Lipinski definition) is 2. The molecule has 1 aliphatic rings. The quantitative estimate of drug-likeness (QED) is 0.509. The predicted octanol–water partition coefficient (Wildman–Crippen LogP) is 3.51. The third-order valence-electron chi connectivity index (χ3n) is 3.22. The van der Waals surface area contributed by atoms with E-state index in [1.807, 2.05) is 12.1 Å². The Hall–Kier alpha value is -1.60. The molecule has 0 saturated heterocycles. The van der Waals surface area contributed by atoms with Gasteiger partial charge in [-0.25, -0.2) is 9.98 Å². The van der Waals surface area contributed by atoms with E-state index in [9.17, 15) is 13.2 Å². The Balaban J connectivity index is 1.95. The highest BCUT2D eigenvalue weighted by atomic mass is 35.5. The van der Waals surface area contributed by atoms with Gasteiger partial charge in [0, 0.05) is 5.02 Å². The van der Waals surface area contributed by atoms with Gasteiger partial charge in [0.05, 0.1) is 5.54 Å². The van der Waals surface area contributed by atoms with Gasteiger partial charge < -0.3 is 10.1 Å². The molecule has 0 heterocycles. The number of nitrogens with zero attached hydrogens (tertiary/aromatic N) is 2. The number of nitrogens with one attached hydrogen (secondary N) is 1. The summed E-state index contributed by atoms with van der Waals surface area (Å²) in [4.78, 5) is 7.53. The summed E-state index contributed by atoms with van der Waals surface area (Å²) in [5, 5.41) is 3.74. The molecule has 22 heavy (non-hydrogen) atoms. The van der Waals surface area contributed by atoms with Crippen molar-refractivity contribution in [1.82, 2.24) is 5.32 Å². The van der Waals surface area contributed by atoms with E-state index in [-0.39, 0.29) is 11.5 Å². The lowest BCUT2D eigenvalue weighted by Gasteiger charge is -2.18. The molecule has 1 aromatic carbocycles. The van der Waals surface area contributed by atoms with Crippen LogP contribution in [0.4, 0.5) is 13.2 Å². The molecule has 0 radical (unpaired) electrons. The van der Waals surface area contributed by atoms with Gasteiger partial charge in [0.2, 0.25) is 5.96 Å². The normalized spacial score (nSPS) is 17.2. The van der Waals surface area contributed by atoms with Crippen molar-refractivity contribution in [1.29, 1.82) is 0 Å². The molecule has 4 nitrogen and oxygen atoms in total. The average Bonchev–Trinajstić information content (AvgIpc) is 3.23. The summed E-state index contributed by atoms with van der Waals surface area (Å²) in [6.45, 7) is 1.59. The second-order valence-corrected chi connectivity index (χ2v) is 5.38. The Kier molecular flexibility index (Phi) is 5.08. The zero-order chi connectivity index (χ0) is 16.2. The second kappa shape index (κ2) is 6.66. The lowest BCUT2D eigenvalue weighted by atomic mass is 10.1. The fourth-order valence-corrected chi connectivity index (χ4v) is 2.12. The Morgan fingerprint density at radius 1 is 1.32 bits per heavy atom. The maximum Gasteiger partial charge on any atom is 0.411 e. The molecule has 0 aliphatic heterocycles. The van der Waals surface area contributed by atoms with Crippen molar-refractivity contribution in [2.75, 3.05) is 13.3 Å². The van der Waals surface area contributed by atoms with E-state index in [1.165, 1.54) is 0 Å². The molecule has 1 saturated carbocycles. The number of halogens is 4. The first-order valence-corrected chi connectivity index (χ1v) is 6.92. The predicted molar refractivity (Wildman–Crippen MR) is 79.4 cm³/mol. The molecule has 0 unspecified atom stereocenters. The van der Waals surface area contributed by atoms with E-state index in [4.69, 9.17) is 11.6 Å². The van der Waals surface area contributed by atoms with Gasteiger partial charge >= 0.3 is 6.18 Å². The largest absolute Gasteiger partial charge is 0.411 e. The van der Waals surface area contributed by atoms with Crippen molar-refractivity contribution >= 4 is 24.3 Å². The molecule has 0 bridgehead atoms. The van der Waals surface area contributed by atoms with Crippen molar-refractivity contribution in [3.05, 3.63) is 34.9 Å². The van der Waals surface area contributed by atoms with Gasteiger partial charge in [-0.05, 0) is 37.3 Å². The SMILES string of the molecule is C=N/C(=N\COCC(F)(F)F)NC1(c2ccc(Cl)cc2)CC1. The number of guanidine groups is 1. The molecule has 1 fully saturated rings. The minimum absolute atomic E-state index is 0.162. The van der Waals surface area contributed by atoms with Crippen molar-refractivity contribution in [3.8, 4) is 0 Å². The van der Waals surface area contributed by atoms with Crippen LogP contribution in [0.15, 0.2) is 34.3 Å². The fraction of sp³-hybridized carbons (Fsp3) is 0.429. The number of alkyl halides is 3. The molecule has 0 amide bonds. The summed E-state index contributed by atoms with van der Waals surface area (Å²) in [6, 6.07) is 7.35. The van der Waals surface area contributed by atoms with Gasteiger partial charge in [-0.1, -0.05) is 23.7 Å². The van der Waals surface area contributed by atoms with Crippen LogP contribution in [0.5, 0.6) is 0 Å². The molecule has 1 N–H and O–H groups in total. The lowest BCUT2D eigenvalue weighted by Crippen LogP contribution is -2.34. The molecular weight excluding hydrogens is 319 g/mol. The Labute approximate surface area is 131 Å². The Morgan fingerprint density at radius 2 is 1.95 bits per heavy atom. The standard InChI is InChI=1S/C14H15ClF3N3O/c1-19-12(20-9-22-8-14(16,17)18)21-13(6-7-13)10-2-4-11(15)5-3-10/h2-5H,1,6-9H2,(H,20,21). The summed E-state index contributed by atoms with van der Waals surface area (Å²) in [6.07, 6.45) is -2.63. The molecule has 0 aromatic heterocycles. The number of rotatable bonds is 5. The lowest BCUT2D eigenvalue weighted by molar-refractivity contribution is -0.173. The Bertz CT molecular complexity index is 553. The zero-order valence-electron chi connectivity index (χ0n) is 11.7. The van der Waals surface area contributed by atoms with Crippen molar-refractivity contribution < 1.29 is 17.9 Å². The first-order chi connectivity index (χ1) is 10.3. The molecule has 0 atom stereocenters. The van der Waals surface area contributed by atoms with E-state index in [2.05, 4.69) is 26.8 Å². The van der Waals surface area contributed by atoms with Crippen molar-refractivity contribution in [2.24, 2.45) is 9.98 Å². The highest BCUT2D eigenvalue weighted by molar-refractivity contribution is 6.30. The maximum atomic E-state index is 12.0. The van der Waals surface area contributed by atoms with Crippen LogP contribution >= 0.6 is 11.6 Å². The average molecular weight is 334 g/mol. The van der Waals surface area contributed by atoms with E-state index in [0.717, 1.165) is 18.4 Å². The summed E-state index contributed by atoms with van der Waals surface area (Å²) >= 11 is 5.86. The summed E-state index contributed by atoms with van der Waals surface area (Å²) in [5.74, 6) is 0.162. The van der Waals surface area contributed by atoms with Crippen LogP contribution in [0.1, 0.15) is 18.4 Å². The fourth-order valence-electron chi connectivity index (χ4n) is 1.99. The topological polar surface area (TPSA) is 46.0 Å². The smallest absolute Gasteiger partial charge is 0.350 e. The van der Waals surface area contributed by atoms with Gasteiger partial charge in [0.15, 0.2) is 0 Å². The minimum Gasteiger partial charge on any atom is -0.350 e. The number of hydrogen-bond donors (Lipinski definition) is 1. The van der Waals surface area contributed by atoms with Crippen LogP contribution in [-0.2, 0) is 10.3 Å². The van der Waals surface area contributed by atoms with Gasteiger partial charge in [-0.3, -0.25) is 0 Å². The van der Waals surface area contributed by atoms with Crippen LogP contribution in [0.25, 0.3) is 0 Å². The van der Waals surface area contributed by atoms with Crippen LogP contribution in [0.2, 0.25) is 5.02 Å². The molecule has 2 rings (SSSR count). The van der Waals surface area contributed by atoms with Crippen LogP contribution < -0.4 is 5.32 Å². The van der Waals surface area contributed by atoms with Gasteiger partial charge in [0.1, 0.15) is 13.3 Å². The molecule has 0 spiro atoms. The van der Waals surface area contributed by atoms with Crippen LogP contribution in [-0.4, -0.2) is 32.2 Å². The highest BCUT2D eigenvalue weighted by Gasteiger charge is 2.45. The van der Waals surface area contributed by atoms with Crippen molar-refractivity contribution in [3.63, 3.8) is 0 Å². The summed E-state index contributed by atoms with van der Waals surface area (Å²) in [5.41, 5.74) is 0.707. The third-order valence-corrected chi connectivity index (χ3v) is 3.47. The summed E-state index contributed by atoms with van der Waals surface area (Å²) < 4.78 is 40.3. The van der Waals surface area contributed by atoms with Crippen molar-refractivity contribution in [2.45, 2.75) is 24.6 Å². The van der Waals surface area contributed by atoms with E-state index < -0.39 is 19.5 Å². The highest BCUT2D eigenvalue weighted by Crippen LogP contribution is 2.45. The number of benzene rings is 1. The first kappa shape index (κ1) is 16.8. The van der Waals surface area contributed by atoms with Crippen LogP contribution in [0.3, 0.4) is 0 Å². The first-order valence-electron chi connectivity index (χ1n) is 6.54. The second-order valence-electron chi connectivity index (χ2n) is 4.95. The van der Waals surface area contributed by atoms with Crippen LogP contribution in [0, 0.1) is 0 Å². The number of ether oxygens (including phenoxy) is 1. The maximum absolute atomic E-state index is 12.0. The van der Waals surface area contributed by atoms with Gasteiger partial charge in [0.25, 0.3) is 0 Å². The van der Waals surface area contributed by atoms with Gasteiger partial charge in [-0.15, -0.1) is 0 Å². The van der Waals surface area contributed by atoms with E-state index in [1.54, 1.807) is 12.1 Å². The molecule has 8 heteroatoms. The summed E-state index contributed by atoms with van der Waals surface area (Å²) in [7, 11) is 0. The molecule has 1 aromatic rings. The minimum atomic E-state index is -4.37. The van der Waals surface area contributed by atoms with Gasteiger partial charge in [-0.2, -0.15) is 13.2 Å². The third kappa shape index (κ3) is 4.71. The Morgan fingerprint density at radius 3 is 2.45 bits per heavy atom. The van der Waals surface area contributed by atoms with E-state index >= 15 is 0 Å². The molecular formula is C14H15ClF3N3O. The van der Waals surface area contributed by atoms with E-state index in [0.29, 0.717) is 5.02 Å². The molecule has 120 valence electrons. The zero-order valence-corrected chi connectivity index (χ0v) is 12.4.